The minimum atomic E-state index is -0.529. The van der Waals surface area contributed by atoms with Gasteiger partial charge in [0, 0.05) is 11.6 Å². The van der Waals surface area contributed by atoms with Crippen molar-refractivity contribution in [3.63, 3.8) is 0 Å². The fraction of sp³-hybridized carbons (Fsp3) is 0.455. The molecule has 0 aliphatic heterocycles. The molecule has 0 fully saturated rings. The zero-order valence-electron chi connectivity index (χ0n) is 9.69. The van der Waals surface area contributed by atoms with Crippen LogP contribution >= 0.6 is 0 Å². The summed E-state index contributed by atoms with van der Waals surface area (Å²) in [5, 5.41) is 9.07. The highest BCUT2D eigenvalue weighted by atomic mass is 16.5. The van der Waals surface area contributed by atoms with E-state index in [0.717, 1.165) is 0 Å². The predicted molar refractivity (Wildman–Crippen MR) is 60.1 cm³/mol. The maximum absolute atomic E-state index is 9.07. The lowest BCUT2D eigenvalue weighted by Gasteiger charge is -2.17. The number of aliphatic hydroxyl groups excluding tert-OH is 1. The van der Waals surface area contributed by atoms with Crippen molar-refractivity contribution in [2.45, 2.75) is 6.04 Å². The van der Waals surface area contributed by atoms with Crippen LogP contribution < -0.4 is 19.9 Å². The second-order valence-electron chi connectivity index (χ2n) is 3.24. The fourth-order valence-corrected chi connectivity index (χ4v) is 1.46. The molecule has 0 spiro atoms. The molecule has 0 saturated heterocycles. The van der Waals surface area contributed by atoms with Gasteiger partial charge in [-0.3, -0.25) is 0 Å². The van der Waals surface area contributed by atoms with Crippen LogP contribution in [0.4, 0.5) is 0 Å². The number of benzene rings is 1. The topological polar surface area (TPSA) is 73.9 Å². The lowest BCUT2D eigenvalue weighted by Crippen LogP contribution is -2.16. The molecule has 16 heavy (non-hydrogen) atoms. The van der Waals surface area contributed by atoms with Crippen LogP contribution in [0.5, 0.6) is 17.2 Å². The molecule has 1 aromatic rings. The van der Waals surface area contributed by atoms with E-state index in [-0.39, 0.29) is 6.61 Å². The second kappa shape index (κ2) is 5.58. The van der Waals surface area contributed by atoms with Gasteiger partial charge in [-0.05, 0) is 6.07 Å². The zero-order chi connectivity index (χ0) is 12.1. The van der Waals surface area contributed by atoms with Crippen LogP contribution in [0.15, 0.2) is 12.1 Å². The minimum absolute atomic E-state index is 0.174. The van der Waals surface area contributed by atoms with Gasteiger partial charge in [-0.25, -0.2) is 0 Å². The molecule has 1 rings (SSSR count). The summed E-state index contributed by atoms with van der Waals surface area (Å²) in [6.07, 6.45) is 0. The normalized spacial score (nSPS) is 12.1. The van der Waals surface area contributed by atoms with Crippen molar-refractivity contribution in [2.24, 2.45) is 5.73 Å². The Bertz CT molecular complexity index is 354. The molecule has 5 heteroatoms. The van der Waals surface area contributed by atoms with Crippen molar-refractivity contribution >= 4 is 0 Å². The Labute approximate surface area is 94.7 Å². The first-order valence-electron chi connectivity index (χ1n) is 4.84. The van der Waals surface area contributed by atoms with Gasteiger partial charge in [0.25, 0.3) is 0 Å². The van der Waals surface area contributed by atoms with Crippen molar-refractivity contribution < 1.29 is 19.3 Å². The van der Waals surface area contributed by atoms with Crippen LogP contribution in [0.2, 0.25) is 0 Å². The number of nitrogens with two attached hydrogens (primary N) is 1. The number of hydrogen-bond acceptors (Lipinski definition) is 5. The number of hydrogen-bond donors (Lipinski definition) is 2. The van der Waals surface area contributed by atoms with Crippen LogP contribution in [0.3, 0.4) is 0 Å². The summed E-state index contributed by atoms with van der Waals surface area (Å²) in [7, 11) is 4.61. The van der Waals surface area contributed by atoms with Crippen LogP contribution in [0.1, 0.15) is 11.6 Å². The first-order chi connectivity index (χ1) is 7.67. The van der Waals surface area contributed by atoms with Gasteiger partial charge in [0.1, 0.15) is 5.75 Å². The van der Waals surface area contributed by atoms with Crippen molar-refractivity contribution in [3.05, 3.63) is 17.7 Å². The molecule has 0 heterocycles. The molecule has 0 bridgehead atoms. The molecule has 0 aromatic heterocycles. The first-order valence-corrected chi connectivity index (χ1v) is 4.84. The van der Waals surface area contributed by atoms with Gasteiger partial charge in [-0.2, -0.15) is 0 Å². The Morgan fingerprint density at radius 1 is 1.19 bits per heavy atom. The molecule has 5 nitrogen and oxygen atoms in total. The third-order valence-corrected chi connectivity index (χ3v) is 2.31. The number of aliphatic hydroxyl groups is 1. The summed E-state index contributed by atoms with van der Waals surface area (Å²) in [5.41, 5.74) is 6.43. The zero-order valence-corrected chi connectivity index (χ0v) is 9.69. The maximum atomic E-state index is 9.07. The predicted octanol–water partition coefficient (Wildman–Crippen LogP) is 0.704. The standard InChI is InChI=1S/C11H17NO4/c1-14-7-4-8(9(12)6-13)11(16-3)10(5-7)15-2/h4-5,9,13H,6,12H2,1-3H3. The van der Waals surface area contributed by atoms with Crippen LogP contribution in [0.25, 0.3) is 0 Å². The number of methoxy groups -OCH3 is 3. The molecule has 0 amide bonds. The number of rotatable bonds is 5. The highest BCUT2D eigenvalue weighted by Crippen LogP contribution is 2.37. The summed E-state index contributed by atoms with van der Waals surface area (Å²) >= 11 is 0. The highest BCUT2D eigenvalue weighted by Gasteiger charge is 2.17. The smallest absolute Gasteiger partial charge is 0.165 e. The van der Waals surface area contributed by atoms with E-state index in [2.05, 4.69) is 0 Å². The van der Waals surface area contributed by atoms with Gasteiger partial charge in [0.2, 0.25) is 0 Å². The molecule has 90 valence electrons. The van der Waals surface area contributed by atoms with Crippen LogP contribution in [-0.4, -0.2) is 33.0 Å². The third kappa shape index (κ3) is 2.37. The lowest BCUT2D eigenvalue weighted by atomic mass is 10.1. The Morgan fingerprint density at radius 3 is 2.31 bits per heavy atom. The Kier molecular flexibility index (Phi) is 4.39. The van der Waals surface area contributed by atoms with Crippen molar-refractivity contribution in [2.75, 3.05) is 27.9 Å². The van der Waals surface area contributed by atoms with E-state index < -0.39 is 6.04 Å². The lowest BCUT2D eigenvalue weighted by molar-refractivity contribution is 0.262. The van der Waals surface area contributed by atoms with Gasteiger partial charge in [0.05, 0.1) is 34.0 Å². The summed E-state index contributed by atoms with van der Waals surface area (Å²) in [6, 6.07) is 2.90. The van der Waals surface area contributed by atoms with Gasteiger partial charge >= 0.3 is 0 Å². The van der Waals surface area contributed by atoms with Gasteiger partial charge in [-0.1, -0.05) is 0 Å². The monoisotopic (exact) mass is 227 g/mol. The molecule has 0 aliphatic rings. The number of ether oxygens (including phenoxy) is 3. The molecule has 0 aliphatic carbocycles. The minimum Gasteiger partial charge on any atom is -0.497 e. The SMILES string of the molecule is COc1cc(OC)c(OC)c(C(N)CO)c1. The molecule has 1 atom stereocenters. The fourth-order valence-electron chi connectivity index (χ4n) is 1.46. The van der Waals surface area contributed by atoms with Crippen molar-refractivity contribution in [3.8, 4) is 17.2 Å². The molecule has 0 radical (unpaired) electrons. The third-order valence-electron chi connectivity index (χ3n) is 2.31. The maximum Gasteiger partial charge on any atom is 0.165 e. The van der Waals surface area contributed by atoms with Gasteiger partial charge < -0.3 is 25.1 Å². The first kappa shape index (κ1) is 12.6. The summed E-state index contributed by atoms with van der Waals surface area (Å²) in [4.78, 5) is 0. The molecule has 0 saturated carbocycles. The van der Waals surface area contributed by atoms with Gasteiger partial charge in [0.15, 0.2) is 11.5 Å². The summed E-state index contributed by atoms with van der Waals surface area (Å²) in [6.45, 7) is -0.174. The Morgan fingerprint density at radius 2 is 1.88 bits per heavy atom. The highest BCUT2D eigenvalue weighted by molar-refractivity contribution is 5.53. The van der Waals surface area contributed by atoms with Crippen molar-refractivity contribution in [1.29, 1.82) is 0 Å². The molecular formula is C11H17NO4. The Hall–Kier alpha value is -1.46. The summed E-state index contributed by atoms with van der Waals surface area (Å²) < 4.78 is 15.5. The second-order valence-corrected chi connectivity index (χ2v) is 3.24. The van der Waals surface area contributed by atoms with E-state index in [1.54, 1.807) is 19.2 Å². The van der Waals surface area contributed by atoms with Crippen LogP contribution in [0, 0.1) is 0 Å². The molecular weight excluding hydrogens is 210 g/mol. The quantitative estimate of drug-likeness (QED) is 0.774. The van der Waals surface area contributed by atoms with Crippen LogP contribution in [-0.2, 0) is 0 Å². The average molecular weight is 227 g/mol. The summed E-state index contributed by atoms with van der Waals surface area (Å²) in [5.74, 6) is 1.65. The van der Waals surface area contributed by atoms with E-state index in [1.165, 1.54) is 14.2 Å². The molecule has 1 aromatic carbocycles. The van der Waals surface area contributed by atoms with E-state index in [9.17, 15) is 0 Å². The van der Waals surface area contributed by atoms with E-state index in [1.807, 2.05) is 0 Å². The van der Waals surface area contributed by atoms with Gasteiger partial charge in [-0.15, -0.1) is 0 Å². The van der Waals surface area contributed by atoms with Crippen molar-refractivity contribution in [1.82, 2.24) is 0 Å². The van der Waals surface area contributed by atoms with E-state index in [4.69, 9.17) is 25.1 Å². The molecule has 1 unspecified atom stereocenters. The Balaban J connectivity index is 3.30. The van der Waals surface area contributed by atoms with E-state index in [0.29, 0.717) is 22.8 Å². The largest absolute Gasteiger partial charge is 0.497 e. The van der Waals surface area contributed by atoms with E-state index >= 15 is 0 Å². The molecule has 3 N–H and O–H groups in total. The average Bonchev–Trinajstić information content (AvgIpc) is 2.35.